The summed E-state index contributed by atoms with van der Waals surface area (Å²) < 4.78 is 0. The summed E-state index contributed by atoms with van der Waals surface area (Å²) in [5, 5.41) is 0. The van der Waals surface area contributed by atoms with E-state index in [-0.39, 0.29) is 5.92 Å². The molecule has 0 bridgehead atoms. The zero-order chi connectivity index (χ0) is 13.7. The fourth-order valence-electron chi connectivity index (χ4n) is 2.84. The molecule has 2 rings (SSSR count). The van der Waals surface area contributed by atoms with E-state index in [1.54, 1.807) is 0 Å². The molecule has 1 fully saturated rings. The molecule has 1 aliphatic rings. The average Bonchev–Trinajstić information content (AvgIpc) is 2.47. The lowest BCUT2D eigenvalue weighted by Gasteiger charge is -2.28. The number of rotatable bonds is 5. The second-order valence-corrected chi connectivity index (χ2v) is 5.68. The largest absolute Gasteiger partial charge is 0.303 e. The highest BCUT2D eigenvalue weighted by atomic mass is 16.1. The van der Waals surface area contributed by atoms with Crippen LogP contribution in [-0.2, 0) is 6.42 Å². The standard InChI is InChI=1S/C17H25NO/c1-3-15-8-7-9-16(12-15)17(19)14(2)13-18-10-5-4-6-11-18/h7-9,12,14H,3-6,10-11,13H2,1-2H3. The number of benzene rings is 1. The van der Waals surface area contributed by atoms with Gasteiger partial charge in [0.25, 0.3) is 0 Å². The van der Waals surface area contributed by atoms with Crippen LogP contribution in [-0.4, -0.2) is 30.3 Å². The molecule has 0 amide bonds. The maximum atomic E-state index is 12.5. The number of ketones is 1. The molecule has 1 aromatic rings. The van der Waals surface area contributed by atoms with Crippen molar-refractivity contribution in [2.24, 2.45) is 5.92 Å². The van der Waals surface area contributed by atoms with E-state index < -0.39 is 0 Å². The highest BCUT2D eigenvalue weighted by Crippen LogP contribution is 2.15. The quantitative estimate of drug-likeness (QED) is 0.754. The molecule has 1 saturated heterocycles. The van der Waals surface area contributed by atoms with Crippen molar-refractivity contribution in [1.29, 1.82) is 0 Å². The predicted octanol–water partition coefficient (Wildman–Crippen LogP) is 3.55. The number of carbonyl (C=O) groups excluding carboxylic acids is 1. The van der Waals surface area contributed by atoms with Gasteiger partial charge in [0, 0.05) is 18.0 Å². The van der Waals surface area contributed by atoms with Crippen molar-refractivity contribution in [3.8, 4) is 0 Å². The van der Waals surface area contributed by atoms with Crippen LogP contribution in [0.1, 0.15) is 49.0 Å². The fraction of sp³-hybridized carbons (Fsp3) is 0.588. The van der Waals surface area contributed by atoms with Crippen LogP contribution in [0.25, 0.3) is 0 Å². The Morgan fingerprint density at radius 1 is 1.26 bits per heavy atom. The van der Waals surface area contributed by atoms with E-state index in [1.807, 2.05) is 12.1 Å². The number of likely N-dealkylation sites (tertiary alicyclic amines) is 1. The molecule has 2 nitrogen and oxygen atoms in total. The molecular formula is C17H25NO. The minimum Gasteiger partial charge on any atom is -0.303 e. The zero-order valence-corrected chi connectivity index (χ0v) is 12.2. The molecule has 1 aliphatic heterocycles. The summed E-state index contributed by atoms with van der Waals surface area (Å²) in [6.07, 6.45) is 4.90. The van der Waals surface area contributed by atoms with Crippen molar-refractivity contribution in [1.82, 2.24) is 4.90 Å². The first-order valence-electron chi connectivity index (χ1n) is 7.56. The van der Waals surface area contributed by atoms with Crippen LogP contribution in [0.4, 0.5) is 0 Å². The Balaban J connectivity index is 1.97. The van der Waals surface area contributed by atoms with Gasteiger partial charge in [-0.1, -0.05) is 38.5 Å². The third-order valence-corrected chi connectivity index (χ3v) is 4.05. The Bertz CT molecular complexity index is 421. The summed E-state index contributed by atoms with van der Waals surface area (Å²) in [5.41, 5.74) is 2.12. The Kier molecular flexibility index (Phi) is 5.15. The second kappa shape index (κ2) is 6.85. The smallest absolute Gasteiger partial charge is 0.166 e. The summed E-state index contributed by atoms with van der Waals surface area (Å²) >= 11 is 0. The Morgan fingerprint density at radius 3 is 2.68 bits per heavy atom. The minimum absolute atomic E-state index is 0.102. The van der Waals surface area contributed by atoms with E-state index in [0.717, 1.165) is 31.6 Å². The highest BCUT2D eigenvalue weighted by molar-refractivity contribution is 5.97. The molecule has 1 heterocycles. The molecule has 1 aromatic carbocycles. The van der Waals surface area contributed by atoms with Crippen LogP contribution < -0.4 is 0 Å². The summed E-state index contributed by atoms with van der Waals surface area (Å²) in [5.74, 6) is 0.395. The molecule has 1 unspecified atom stereocenters. The molecule has 19 heavy (non-hydrogen) atoms. The third kappa shape index (κ3) is 3.90. The molecule has 1 atom stereocenters. The lowest BCUT2D eigenvalue weighted by Crippen LogP contribution is -2.35. The van der Waals surface area contributed by atoms with Gasteiger partial charge >= 0.3 is 0 Å². The van der Waals surface area contributed by atoms with Gasteiger partial charge in [-0.25, -0.2) is 0 Å². The van der Waals surface area contributed by atoms with Crippen LogP contribution in [0.5, 0.6) is 0 Å². The van der Waals surface area contributed by atoms with Gasteiger partial charge in [0.15, 0.2) is 5.78 Å². The minimum atomic E-state index is 0.102. The number of nitrogens with zero attached hydrogens (tertiary/aromatic N) is 1. The van der Waals surface area contributed by atoms with Crippen molar-refractivity contribution in [2.45, 2.75) is 39.5 Å². The van der Waals surface area contributed by atoms with E-state index in [0.29, 0.717) is 5.78 Å². The lowest BCUT2D eigenvalue weighted by molar-refractivity contribution is 0.0883. The Morgan fingerprint density at radius 2 is 2.00 bits per heavy atom. The van der Waals surface area contributed by atoms with Gasteiger partial charge in [-0.3, -0.25) is 4.79 Å². The van der Waals surface area contributed by atoms with E-state index in [9.17, 15) is 4.79 Å². The zero-order valence-electron chi connectivity index (χ0n) is 12.2. The van der Waals surface area contributed by atoms with Gasteiger partial charge in [-0.15, -0.1) is 0 Å². The topological polar surface area (TPSA) is 20.3 Å². The average molecular weight is 259 g/mol. The summed E-state index contributed by atoms with van der Waals surface area (Å²) in [7, 11) is 0. The van der Waals surface area contributed by atoms with Gasteiger partial charge in [-0.05, 0) is 44.0 Å². The van der Waals surface area contributed by atoms with Gasteiger partial charge in [0.1, 0.15) is 0 Å². The maximum absolute atomic E-state index is 12.5. The first kappa shape index (κ1) is 14.3. The van der Waals surface area contributed by atoms with Crippen LogP contribution in [0.15, 0.2) is 24.3 Å². The Labute approximate surface area is 116 Å². The number of aryl methyl sites for hydroxylation is 1. The van der Waals surface area contributed by atoms with Gasteiger partial charge in [-0.2, -0.15) is 0 Å². The molecule has 0 N–H and O–H groups in total. The Hall–Kier alpha value is -1.15. The van der Waals surface area contributed by atoms with E-state index >= 15 is 0 Å². The van der Waals surface area contributed by atoms with Gasteiger partial charge in [0.2, 0.25) is 0 Å². The maximum Gasteiger partial charge on any atom is 0.166 e. The van der Waals surface area contributed by atoms with Gasteiger partial charge < -0.3 is 4.90 Å². The molecule has 0 aliphatic carbocycles. The monoisotopic (exact) mass is 259 g/mol. The molecular weight excluding hydrogens is 234 g/mol. The van der Waals surface area contributed by atoms with E-state index in [1.165, 1.54) is 24.8 Å². The summed E-state index contributed by atoms with van der Waals surface area (Å²) in [6, 6.07) is 8.09. The van der Waals surface area contributed by atoms with Crippen molar-refractivity contribution in [3.63, 3.8) is 0 Å². The van der Waals surface area contributed by atoms with Crippen molar-refractivity contribution in [2.75, 3.05) is 19.6 Å². The van der Waals surface area contributed by atoms with Gasteiger partial charge in [0.05, 0.1) is 0 Å². The first-order chi connectivity index (χ1) is 9.20. The third-order valence-electron chi connectivity index (χ3n) is 4.05. The fourth-order valence-corrected chi connectivity index (χ4v) is 2.84. The van der Waals surface area contributed by atoms with Crippen molar-refractivity contribution >= 4 is 5.78 Å². The van der Waals surface area contributed by atoms with Crippen LogP contribution in [0, 0.1) is 5.92 Å². The summed E-state index contributed by atoms with van der Waals surface area (Å²) in [4.78, 5) is 14.9. The van der Waals surface area contributed by atoms with E-state index in [2.05, 4.69) is 30.9 Å². The number of hydrogen-bond acceptors (Lipinski definition) is 2. The lowest BCUT2D eigenvalue weighted by atomic mass is 9.96. The highest BCUT2D eigenvalue weighted by Gasteiger charge is 2.19. The molecule has 0 spiro atoms. The molecule has 0 saturated carbocycles. The first-order valence-corrected chi connectivity index (χ1v) is 7.56. The number of carbonyl (C=O) groups is 1. The van der Waals surface area contributed by atoms with Crippen molar-refractivity contribution < 1.29 is 4.79 Å². The molecule has 2 heteroatoms. The van der Waals surface area contributed by atoms with Crippen LogP contribution in [0.2, 0.25) is 0 Å². The van der Waals surface area contributed by atoms with E-state index in [4.69, 9.17) is 0 Å². The summed E-state index contributed by atoms with van der Waals surface area (Å²) in [6.45, 7) is 7.42. The van der Waals surface area contributed by atoms with Crippen LogP contribution >= 0.6 is 0 Å². The molecule has 104 valence electrons. The predicted molar refractivity (Wildman–Crippen MR) is 79.6 cm³/mol. The normalized spacial score (nSPS) is 18.2. The van der Waals surface area contributed by atoms with Crippen LogP contribution in [0.3, 0.4) is 0 Å². The molecule has 0 radical (unpaired) electrons. The second-order valence-electron chi connectivity index (χ2n) is 5.68. The van der Waals surface area contributed by atoms with Crippen molar-refractivity contribution in [3.05, 3.63) is 35.4 Å². The number of Topliss-reactive ketones (excluding diaryl/α,β-unsaturated/α-hetero) is 1. The number of hydrogen-bond donors (Lipinski definition) is 0. The molecule has 0 aromatic heterocycles. The number of piperidine rings is 1. The SMILES string of the molecule is CCc1cccc(C(=O)C(C)CN2CCCCC2)c1.